The molecule has 1 amide bonds. The van der Waals surface area contributed by atoms with E-state index in [1.165, 1.54) is 17.8 Å². The fourth-order valence-corrected chi connectivity index (χ4v) is 2.57. The lowest BCUT2D eigenvalue weighted by atomic mass is 10.1. The van der Waals surface area contributed by atoms with Gasteiger partial charge in [0, 0.05) is 22.6 Å². The number of thioether (sulfide) groups is 1. The minimum absolute atomic E-state index is 0.0117. The topological polar surface area (TPSA) is 74.8 Å². The van der Waals surface area contributed by atoms with Gasteiger partial charge in [-0.05, 0) is 31.0 Å². The molecule has 1 saturated carbocycles. The Kier molecular flexibility index (Phi) is 3.56. The number of nitrogens with zero attached hydrogens (tertiary/aromatic N) is 1. The molecule has 0 unspecified atom stereocenters. The highest BCUT2D eigenvalue weighted by Crippen LogP contribution is 2.35. The van der Waals surface area contributed by atoms with E-state index in [0.29, 0.717) is 10.9 Å². The monoisotopic (exact) mass is 287 g/mol. The number of H-pyrrole nitrogens is 1. The van der Waals surface area contributed by atoms with E-state index in [9.17, 15) is 9.59 Å². The molecule has 1 aromatic heterocycles. The van der Waals surface area contributed by atoms with E-state index in [2.05, 4.69) is 15.5 Å². The molecule has 0 atom stereocenters. The Morgan fingerprint density at radius 2 is 1.95 bits per heavy atom. The summed E-state index contributed by atoms with van der Waals surface area (Å²) in [5.41, 5.74) is 2.11. The van der Waals surface area contributed by atoms with E-state index < -0.39 is 0 Å². The first-order chi connectivity index (χ1) is 9.70. The highest BCUT2D eigenvalue weighted by atomic mass is 32.2. The van der Waals surface area contributed by atoms with Gasteiger partial charge in [0.2, 0.25) is 0 Å². The molecular weight excluding hydrogens is 274 g/mol. The van der Waals surface area contributed by atoms with Crippen molar-refractivity contribution < 1.29 is 4.79 Å². The molecule has 2 N–H and O–H groups in total. The Balaban J connectivity index is 1.68. The van der Waals surface area contributed by atoms with Crippen LogP contribution in [0.5, 0.6) is 0 Å². The lowest BCUT2D eigenvalue weighted by Crippen LogP contribution is -2.06. The van der Waals surface area contributed by atoms with Gasteiger partial charge in [0.1, 0.15) is 0 Å². The summed E-state index contributed by atoms with van der Waals surface area (Å²) in [5.74, 6) is 0. The van der Waals surface area contributed by atoms with Gasteiger partial charge in [-0.3, -0.25) is 9.59 Å². The van der Waals surface area contributed by atoms with Gasteiger partial charge in [-0.2, -0.15) is 5.10 Å². The summed E-state index contributed by atoms with van der Waals surface area (Å²) in [6.45, 7) is 0. The number of benzene rings is 1. The summed E-state index contributed by atoms with van der Waals surface area (Å²) in [4.78, 5) is 22.6. The summed E-state index contributed by atoms with van der Waals surface area (Å²) in [6.07, 6.45) is 2.27. The van der Waals surface area contributed by atoms with E-state index in [-0.39, 0.29) is 10.8 Å². The zero-order valence-corrected chi connectivity index (χ0v) is 11.4. The Labute approximate surface area is 119 Å². The van der Waals surface area contributed by atoms with Crippen molar-refractivity contribution in [2.75, 3.05) is 5.32 Å². The number of hydrogen-bond acceptors (Lipinski definition) is 4. The smallest absolute Gasteiger partial charge is 0.283 e. The zero-order chi connectivity index (χ0) is 13.9. The Hall–Kier alpha value is -2.08. The number of carbonyl (C=O) groups is 1. The molecule has 1 heterocycles. The summed E-state index contributed by atoms with van der Waals surface area (Å²) < 4.78 is 0. The van der Waals surface area contributed by atoms with Crippen molar-refractivity contribution in [2.24, 2.45) is 0 Å². The van der Waals surface area contributed by atoms with Gasteiger partial charge < -0.3 is 5.32 Å². The average Bonchev–Trinajstić information content (AvgIpc) is 3.24. The third-order valence-corrected chi connectivity index (χ3v) is 4.03. The number of aromatic amines is 1. The number of amides is 1. The quantitative estimate of drug-likeness (QED) is 0.910. The summed E-state index contributed by atoms with van der Waals surface area (Å²) in [7, 11) is 0. The lowest BCUT2D eigenvalue weighted by molar-refractivity contribution is 0.269. The summed E-state index contributed by atoms with van der Waals surface area (Å²) in [6, 6.07) is 10.5. The van der Waals surface area contributed by atoms with E-state index in [1.807, 2.05) is 24.3 Å². The molecule has 1 fully saturated rings. The average molecular weight is 287 g/mol. The molecule has 0 spiro atoms. The van der Waals surface area contributed by atoms with Crippen molar-refractivity contribution >= 4 is 22.7 Å². The standard InChI is InChI=1S/C14H13N3O2S/c18-13-8-7-12(16-17-13)9-1-3-10(4-2-9)15-14(19)20-11-5-6-11/h1-4,7-8,11H,5-6H2,(H,15,19)(H,17,18). The van der Waals surface area contributed by atoms with E-state index in [0.717, 1.165) is 24.1 Å². The Bertz CT molecular complexity index is 657. The number of nitrogens with one attached hydrogen (secondary N) is 2. The van der Waals surface area contributed by atoms with Gasteiger partial charge in [-0.15, -0.1) is 0 Å². The number of carbonyl (C=O) groups excluding carboxylic acids is 1. The van der Waals surface area contributed by atoms with Crippen LogP contribution in [0.1, 0.15) is 12.8 Å². The first kappa shape index (κ1) is 12.9. The van der Waals surface area contributed by atoms with Crippen LogP contribution in [-0.2, 0) is 0 Å². The Morgan fingerprint density at radius 3 is 2.55 bits per heavy atom. The number of hydrogen-bond donors (Lipinski definition) is 2. The molecule has 0 bridgehead atoms. The molecule has 20 heavy (non-hydrogen) atoms. The van der Waals surface area contributed by atoms with Crippen LogP contribution in [0.2, 0.25) is 0 Å². The zero-order valence-electron chi connectivity index (χ0n) is 10.6. The molecule has 1 aliphatic carbocycles. The minimum Gasteiger partial charge on any atom is -0.317 e. The van der Waals surface area contributed by atoms with Crippen LogP contribution in [0.15, 0.2) is 41.2 Å². The van der Waals surface area contributed by atoms with Gasteiger partial charge >= 0.3 is 0 Å². The Morgan fingerprint density at radius 1 is 1.20 bits per heavy atom. The van der Waals surface area contributed by atoms with Crippen LogP contribution in [0.25, 0.3) is 11.3 Å². The van der Waals surface area contributed by atoms with Crippen LogP contribution < -0.4 is 10.9 Å². The fraction of sp³-hybridized carbons (Fsp3) is 0.214. The second-order valence-corrected chi connectivity index (χ2v) is 5.89. The first-order valence-corrected chi connectivity index (χ1v) is 7.22. The maximum Gasteiger partial charge on any atom is 0.283 e. The third kappa shape index (κ3) is 3.27. The van der Waals surface area contributed by atoms with Crippen LogP contribution in [0.3, 0.4) is 0 Å². The summed E-state index contributed by atoms with van der Waals surface area (Å²) >= 11 is 1.36. The predicted octanol–water partition coefficient (Wildman–Crippen LogP) is 2.86. The van der Waals surface area contributed by atoms with Crippen molar-refractivity contribution in [3.63, 3.8) is 0 Å². The maximum atomic E-state index is 11.7. The van der Waals surface area contributed by atoms with E-state index in [4.69, 9.17) is 0 Å². The largest absolute Gasteiger partial charge is 0.317 e. The molecule has 0 saturated heterocycles. The molecule has 2 aromatic rings. The van der Waals surface area contributed by atoms with Crippen molar-refractivity contribution in [3.05, 3.63) is 46.8 Å². The molecule has 1 aromatic carbocycles. The summed E-state index contributed by atoms with van der Waals surface area (Å²) in [5, 5.41) is 9.69. The predicted molar refractivity (Wildman–Crippen MR) is 79.9 cm³/mol. The highest BCUT2D eigenvalue weighted by Gasteiger charge is 2.25. The number of anilines is 1. The van der Waals surface area contributed by atoms with Crippen molar-refractivity contribution in [2.45, 2.75) is 18.1 Å². The first-order valence-electron chi connectivity index (χ1n) is 6.34. The fourth-order valence-electron chi connectivity index (χ4n) is 1.71. The van der Waals surface area contributed by atoms with Crippen molar-refractivity contribution in [3.8, 4) is 11.3 Å². The molecule has 5 nitrogen and oxygen atoms in total. The second kappa shape index (κ2) is 5.50. The molecule has 0 aliphatic heterocycles. The van der Waals surface area contributed by atoms with Crippen LogP contribution in [-0.4, -0.2) is 20.7 Å². The molecule has 1 aliphatic rings. The van der Waals surface area contributed by atoms with Crippen LogP contribution in [0, 0.1) is 0 Å². The van der Waals surface area contributed by atoms with Gasteiger partial charge in [0.05, 0.1) is 5.69 Å². The lowest BCUT2D eigenvalue weighted by Gasteiger charge is -2.05. The molecule has 6 heteroatoms. The minimum atomic E-state index is -0.227. The van der Waals surface area contributed by atoms with Crippen LogP contribution >= 0.6 is 11.8 Å². The SMILES string of the molecule is O=C(Nc1ccc(-c2ccc(=O)[nH]n2)cc1)SC1CC1. The third-order valence-electron chi connectivity index (χ3n) is 2.90. The molecule has 3 rings (SSSR count). The van der Waals surface area contributed by atoms with Crippen LogP contribution in [0.4, 0.5) is 10.5 Å². The van der Waals surface area contributed by atoms with E-state index >= 15 is 0 Å². The highest BCUT2D eigenvalue weighted by molar-refractivity contribution is 8.14. The van der Waals surface area contributed by atoms with Crippen molar-refractivity contribution in [1.29, 1.82) is 0 Å². The van der Waals surface area contributed by atoms with Gasteiger partial charge in [-0.1, -0.05) is 23.9 Å². The van der Waals surface area contributed by atoms with E-state index in [1.54, 1.807) is 6.07 Å². The molecular formula is C14H13N3O2S. The second-order valence-electron chi connectivity index (χ2n) is 4.61. The number of aromatic nitrogens is 2. The molecule has 102 valence electrons. The van der Waals surface area contributed by atoms with Gasteiger partial charge in [0.15, 0.2) is 0 Å². The van der Waals surface area contributed by atoms with Gasteiger partial charge in [0.25, 0.3) is 10.8 Å². The normalized spacial score (nSPS) is 14.0. The number of rotatable bonds is 3. The van der Waals surface area contributed by atoms with Gasteiger partial charge in [-0.25, -0.2) is 5.10 Å². The maximum absolute atomic E-state index is 11.7. The van der Waals surface area contributed by atoms with Crippen molar-refractivity contribution in [1.82, 2.24) is 10.2 Å². The molecule has 0 radical (unpaired) electrons.